The van der Waals surface area contributed by atoms with Gasteiger partial charge in [-0.1, -0.05) is 36.4 Å². The highest BCUT2D eigenvalue weighted by atomic mass is 16.5. The van der Waals surface area contributed by atoms with Crippen molar-refractivity contribution in [2.75, 3.05) is 7.11 Å². The third kappa shape index (κ3) is 4.84. The van der Waals surface area contributed by atoms with E-state index in [1.165, 1.54) is 5.56 Å². The molecule has 6 heteroatoms. The van der Waals surface area contributed by atoms with E-state index < -0.39 is 0 Å². The van der Waals surface area contributed by atoms with E-state index >= 15 is 0 Å². The minimum Gasteiger partial charge on any atom is -0.493 e. The van der Waals surface area contributed by atoms with Crippen molar-refractivity contribution in [1.29, 1.82) is 0 Å². The van der Waals surface area contributed by atoms with Gasteiger partial charge in [0.15, 0.2) is 11.5 Å². The molecule has 1 amide bonds. The molecule has 30 heavy (non-hydrogen) atoms. The lowest BCUT2D eigenvalue weighted by atomic mass is 10.1. The van der Waals surface area contributed by atoms with Crippen LogP contribution in [0.15, 0.2) is 78.2 Å². The van der Waals surface area contributed by atoms with Crippen LogP contribution in [0.4, 0.5) is 0 Å². The van der Waals surface area contributed by atoms with Crippen molar-refractivity contribution in [2.24, 2.45) is 11.0 Å². The first kappa shape index (κ1) is 19.6. The molecule has 2 aromatic carbocycles. The highest BCUT2D eigenvalue weighted by Crippen LogP contribution is 2.47. The van der Waals surface area contributed by atoms with E-state index in [1.54, 1.807) is 25.7 Å². The molecule has 0 bridgehead atoms. The molecule has 0 saturated heterocycles. The number of aromatic nitrogens is 1. The largest absolute Gasteiger partial charge is 0.493 e. The van der Waals surface area contributed by atoms with Crippen LogP contribution in [-0.2, 0) is 11.4 Å². The lowest BCUT2D eigenvalue weighted by molar-refractivity contribution is -0.122. The van der Waals surface area contributed by atoms with Crippen molar-refractivity contribution in [3.05, 3.63) is 89.7 Å². The predicted molar refractivity (Wildman–Crippen MR) is 115 cm³/mol. The standard InChI is InChI=1S/C24H23N3O3/c1-29-23-12-17(9-10-22(23)30-16-18-6-5-11-25-14-18)15-26-27-24(28)21-13-20(21)19-7-3-2-4-8-19/h2-12,14-15,20-21H,13,16H2,1H3,(H,27,28)/t20-,21+/m0/s1. The molecule has 152 valence electrons. The molecule has 1 aliphatic carbocycles. The zero-order valence-corrected chi connectivity index (χ0v) is 16.7. The number of pyridine rings is 1. The average molecular weight is 401 g/mol. The van der Waals surface area contributed by atoms with Crippen molar-refractivity contribution in [2.45, 2.75) is 18.9 Å². The molecule has 4 rings (SSSR count). The zero-order valence-electron chi connectivity index (χ0n) is 16.7. The van der Waals surface area contributed by atoms with Crippen molar-refractivity contribution in [3.8, 4) is 11.5 Å². The Balaban J connectivity index is 1.32. The summed E-state index contributed by atoms with van der Waals surface area (Å²) in [4.78, 5) is 16.4. The summed E-state index contributed by atoms with van der Waals surface area (Å²) in [5, 5.41) is 4.10. The fourth-order valence-electron chi connectivity index (χ4n) is 3.34. The first-order valence-electron chi connectivity index (χ1n) is 9.82. The van der Waals surface area contributed by atoms with Crippen LogP contribution >= 0.6 is 0 Å². The van der Waals surface area contributed by atoms with Crippen molar-refractivity contribution < 1.29 is 14.3 Å². The Kier molecular flexibility index (Phi) is 6.03. The van der Waals surface area contributed by atoms with Gasteiger partial charge in [0.2, 0.25) is 5.91 Å². The number of benzene rings is 2. The van der Waals surface area contributed by atoms with Gasteiger partial charge in [-0.2, -0.15) is 5.10 Å². The van der Waals surface area contributed by atoms with E-state index in [4.69, 9.17) is 9.47 Å². The molecular weight excluding hydrogens is 378 g/mol. The van der Waals surface area contributed by atoms with Crippen LogP contribution in [0.2, 0.25) is 0 Å². The maximum Gasteiger partial charge on any atom is 0.243 e. The number of hydrogen-bond donors (Lipinski definition) is 1. The van der Waals surface area contributed by atoms with Crippen LogP contribution in [-0.4, -0.2) is 24.2 Å². The van der Waals surface area contributed by atoms with Crippen LogP contribution in [0.25, 0.3) is 0 Å². The maximum absolute atomic E-state index is 12.3. The molecule has 1 N–H and O–H groups in total. The van der Waals surface area contributed by atoms with Crippen LogP contribution in [0, 0.1) is 5.92 Å². The minimum absolute atomic E-state index is 0.0117. The van der Waals surface area contributed by atoms with Gasteiger partial charge in [-0.25, -0.2) is 5.43 Å². The number of methoxy groups -OCH3 is 1. The van der Waals surface area contributed by atoms with Crippen LogP contribution < -0.4 is 14.9 Å². The summed E-state index contributed by atoms with van der Waals surface area (Å²) < 4.78 is 11.2. The first-order chi connectivity index (χ1) is 14.7. The summed E-state index contributed by atoms with van der Waals surface area (Å²) in [5.41, 5.74) is 5.62. The van der Waals surface area contributed by atoms with Crippen LogP contribution in [0.3, 0.4) is 0 Å². The highest BCUT2D eigenvalue weighted by Gasteiger charge is 2.43. The molecule has 1 aromatic heterocycles. The maximum atomic E-state index is 12.3. The molecule has 1 heterocycles. The number of rotatable bonds is 8. The minimum atomic E-state index is -0.0523. The van der Waals surface area contributed by atoms with E-state index in [0.717, 1.165) is 17.5 Å². The smallest absolute Gasteiger partial charge is 0.243 e. The van der Waals surface area contributed by atoms with Gasteiger partial charge in [-0.3, -0.25) is 9.78 Å². The molecule has 6 nitrogen and oxygen atoms in total. The number of hydrogen-bond acceptors (Lipinski definition) is 5. The average Bonchev–Trinajstić information content (AvgIpc) is 3.60. The number of ether oxygens (including phenoxy) is 2. The van der Waals surface area contributed by atoms with Crippen molar-refractivity contribution >= 4 is 12.1 Å². The van der Waals surface area contributed by atoms with Crippen molar-refractivity contribution in [3.63, 3.8) is 0 Å². The zero-order chi connectivity index (χ0) is 20.8. The number of nitrogens with one attached hydrogen (secondary N) is 1. The van der Waals surface area contributed by atoms with Gasteiger partial charge >= 0.3 is 0 Å². The van der Waals surface area contributed by atoms with Gasteiger partial charge in [0.05, 0.1) is 13.3 Å². The number of carbonyl (C=O) groups excluding carboxylic acids is 1. The number of amides is 1. The van der Waals surface area contributed by atoms with Gasteiger partial charge in [0.25, 0.3) is 0 Å². The Hall–Kier alpha value is -3.67. The number of hydrazone groups is 1. The normalized spacial score (nSPS) is 17.5. The summed E-state index contributed by atoms with van der Waals surface area (Å²) in [6.45, 7) is 0.400. The molecular formula is C24H23N3O3. The van der Waals surface area contributed by atoms with E-state index in [-0.39, 0.29) is 17.7 Å². The van der Waals surface area contributed by atoms with E-state index in [1.807, 2.05) is 48.5 Å². The quantitative estimate of drug-likeness (QED) is 0.459. The Morgan fingerprint density at radius 1 is 1.17 bits per heavy atom. The van der Waals surface area contributed by atoms with Crippen LogP contribution in [0.5, 0.6) is 11.5 Å². The molecule has 1 aliphatic rings. The second-order valence-corrected chi connectivity index (χ2v) is 7.15. The van der Waals surface area contributed by atoms with Gasteiger partial charge in [-0.05, 0) is 47.7 Å². The molecule has 0 spiro atoms. The van der Waals surface area contributed by atoms with Gasteiger partial charge in [-0.15, -0.1) is 0 Å². The molecule has 0 unspecified atom stereocenters. The topological polar surface area (TPSA) is 72.8 Å². The lowest BCUT2D eigenvalue weighted by Gasteiger charge is -2.11. The Morgan fingerprint density at radius 3 is 2.80 bits per heavy atom. The fraction of sp³-hybridized carbons (Fsp3) is 0.208. The van der Waals surface area contributed by atoms with Gasteiger partial charge in [0.1, 0.15) is 6.61 Å². The monoisotopic (exact) mass is 401 g/mol. The van der Waals surface area contributed by atoms with E-state index in [9.17, 15) is 4.79 Å². The van der Waals surface area contributed by atoms with E-state index in [2.05, 4.69) is 27.6 Å². The second kappa shape index (κ2) is 9.22. The third-order valence-corrected chi connectivity index (χ3v) is 5.05. The Labute approximate surface area is 175 Å². The predicted octanol–water partition coefficient (Wildman–Crippen LogP) is 3.92. The van der Waals surface area contributed by atoms with Gasteiger partial charge in [0, 0.05) is 23.9 Å². The summed E-state index contributed by atoms with van der Waals surface area (Å²) in [7, 11) is 1.59. The van der Waals surface area contributed by atoms with Crippen LogP contribution in [0.1, 0.15) is 29.0 Å². The third-order valence-electron chi connectivity index (χ3n) is 5.05. The van der Waals surface area contributed by atoms with Gasteiger partial charge < -0.3 is 9.47 Å². The summed E-state index contributed by atoms with van der Waals surface area (Å²) in [6.07, 6.45) is 5.95. The number of nitrogens with zero attached hydrogens (tertiary/aromatic N) is 2. The molecule has 0 radical (unpaired) electrons. The Morgan fingerprint density at radius 2 is 2.03 bits per heavy atom. The molecule has 2 atom stereocenters. The molecule has 3 aromatic rings. The van der Waals surface area contributed by atoms with E-state index in [0.29, 0.717) is 18.1 Å². The Bertz CT molecular complexity index is 1020. The summed E-state index contributed by atoms with van der Waals surface area (Å²) >= 11 is 0. The van der Waals surface area contributed by atoms with Crippen molar-refractivity contribution in [1.82, 2.24) is 10.4 Å². The lowest BCUT2D eigenvalue weighted by Crippen LogP contribution is -2.20. The summed E-state index contributed by atoms with van der Waals surface area (Å²) in [6, 6.07) is 19.4. The summed E-state index contributed by atoms with van der Waals surface area (Å²) in [5.74, 6) is 1.45. The fourth-order valence-corrected chi connectivity index (χ4v) is 3.34. The number of carbonyl (C=O) groups is 1. The molecule has 1 fully saturated rings. The second-order valence-electron chi connectivity index (χ2n) is 7.15. The highest BCUT2D eigenvalue weighted by molar-refractivity contribution is 5.86. The first-order valence-corrected chi connectivity index (χ1v) is 9.82. The molecule has 0 aliphatic heterocycles. The molecule has 1 saturated carbocycles. The SMILES string of the molecule is COc1cc(C=NNC(=O)[C@@H]2C[C@H]2c2ccccc2)ccc1OCc1cccnc1.